The van der Waals surface area contributed by atoms with Gasteiger partial charge in [0, 0.05) is 11.4 Å². The summed E-state index contributed by atoms with van der Waals surface area (Å²) in [6.45, 7) is 0. The van der Waals surface area contributed by atoms with Gasteiger partial charge in [-0.1, -0.05) is 29.8 Å². The molecule has 0 saturated heterocycles. The number of hydrogen-bond donors (Lipinski definition) is 2. The van der Waals surface area contributed by atoms with Gasteiger partial charge in [0.05, 0.1) is 11.6 Å². The summed E-state index contributed by atoms with van der Waals surface area (Å²) >= 11 is 5.92. The molecule has 2 aromatic carbocycles. The van der Waals surface area contributed by atoms with E-state index in [1.807, 2.05) is 18.2 Å². The maximum absolute atomic E-state index is 11.1. The highest BCUT2D eigenvalue weighted by molar-refractivity contribution is 6.30. The van der Waals surface area contributed by atoms with Gasteiger partial charge < -0.3 is 9.52 Å². The van der Waals surface area contributed by atoms with Gasteiger partial charge in [0.2, 0.25) is 0 Å². The molecule has 2 N–H and O–H groups in total. The Hall–Kier alpha value is -2.04. The maximum atomic E-state index is 11.1. The van der Waals surface area contributed by atoms with E-state index in [4.69, 9.17) is 16.0 Å². The van der Waals surface area contributed by atoms with Gasteiger partial charge in [-0.3, -0.25) is 4.98 Å². The van der Waals surface area contributed by atoms with Crippen LogP contribution in [0.15, 0.2) is 51.7 Å². The summed E-state index contributed by atoms with van der Waals surface area (Å²) in [4.78, 5) is 13.7. The fraction of sp³-hybridized carbons (Fsp3) is 0.133. The highest BCUT2D eigenvalue weighted by Gasteiger charge is 2.11. The highest BCUT2D eigenvalue weighted by atomic mass is 35.5. The molecule has 3 aromatic rings. The van der Waals surface area contributed by atoms with Crippen LogP contribution < -0.4 is 5.76 Å². The van der Waals surface area contributed by atoms with Gasteiger partial charge in [-0.15, -0.1) is 0 Å². The summed E-state index contributed by atoms with van der Waals surface area (Å²) in [7, 11) is 0. The predicted octanol–water partition coefficient (Wildman–Crippen LogP) is 3.05. The molecule has 0 amide bonds. The molecule has 5 heteroatoms. The molecule has 0 radical (unpaired) electrons. The number of H-pyrrole nitrogens is 1. The van der Waals surface area contributed by atoms with Crippen LogP contribution in [0.3, 0.4) is 0 Å². The number of aromatic amines is 1. The van der Waals surface area contributed by atoms with E-state index < -0.39 is 11.9 Å². The number of rotatable bonds is 3. The molecule has 102 valence electrons. The van der Waals surface area contributed by atoms with Gasteiger partial charge in [0.1, 0.15) is 0 Å². The number of benzene rings is 2. The van der Waals surface area contributed by atoms with E-state index in [2.05, 4.69) is 4.98 Å². The van der Waals surface area contributed by atoms with Crippen molar-refractivity contribution in [2.24, 2.45) is 0 Å². The van der Waals surface area contributed by atoms with E-state index in [1.54, 1.807) is 24.3 Å². The Balaban J connectivity index is 1.88. The molecule has 0 saturated carbocycles. The number of aromatic nitrogens is 1. The first-order valence-electron chi connectivity index (χ1n) is 6.17. The molecular formula is C15H12ClNO3. The molecule has 0 aliphatic heterocycles. The van der Waals surface area contributed by atoms with Gasteiger partial charge in [-0.05, 0) is 35.4 Å². The average Bonchev–Trinajstić information content (AvgIpc) is 2.77. The Labute approximate surface area is 119 Å². The number of oxazole rings is 1. The lowest BCUT2D eigenvalue weighted by molar-refractivity contribution is 0.178. The minimum atomic E-state index is -0.682. The summed E-state index contributed by atoms with van der Waals surface area (Å²) in [6, 6.07) is 12.5. The van der Waals surface area contributed by atoms with Crippen LogP contribution in [0.1, 0.15) is 17.2 Å². The molecule has 3 rings (SSSR count). The number of aliphatic hydroxyl groups excluding tert-OH is 1. The molecule has 0 fully saturated rings. The van der Waals surface area contributed by atoms with E-state index in [0.717, 1.165) is 5.56 Å². The van der Waals surface area contributed by atoms with E-state index in [0.29, 0.717) is 28.1 Å². The zero-order valence-corrected chi connectivity index (χ0v) is 11.2. The van der Waals surface area contributed by atoms with E-state index >= 15 is 0 Å². The zero-order valence-electron chi connectivity index (χ0n) is 10.5. The molecule has 1 atom stereocenters. The van der Waals surface area contributed by atoms with Gasteiger partial charge in [0.15, 0.2) is 5.58 Å². The molecule has 1 heterocycles. The van der Waals surface area contributed by atoms with Crippen LogP contribution in [0, 0.1) is 0 Å². The van der Waals surface area contributed by atoms with Crippen molar-refractivity contribution in [3.05, 3.63) is 69.2 Å². The average molecular weight is 290 g/mol. The van der Waals surface area contributed by atoms with Crippen molar-refractivity contribution in [1.29, 1.82) is 0 Å². The lowest BCUT2D eigenvalue weighted by Gasteiger charge is -2.11. The third-order valence-corrected chi connectivity index (χ3v) is 3.38. The first-order valence-corrected chi connectivity index (χ1v) is 6.55. The third kappa shape index (κ3) is 2.61. The summed E-state index contributed by atoms with van der Waals surface area (Å²) in [5, 5.41) is 10.9. The number of hydrogen-bond acceptors (Lipinski definition) is 3. The molecular weight excluding hydrogens is 278 g/mol. The van der Waals surface area contributed by atoms with Crippen LogP contribution in [-0.2, 0) is 6.42 Å². The Morgan fingerprint density at radius 3 is 2.90 bits per heavy atom. The van der Waals surface area contributed by atoms with E-state index in [1.165, 1.54) is 0 Å². The molecule has 0 spiro atoms. The van der Waals surface area contributed by atoms with Crippen molar-refractivity contribution in [2.45, 2.75) is 12.5 Å². The second-order valence-corrected chi connectivity index (χ2v) is 5.06. The molecule has 4 nitrogen and oxygen atoms in total. The second-order valence-electron chi connectivity index (χ2n) is 4.62. The maximum Gasteiger partial charge on any atom is 0.417 e. The smallest absolute Gasteiger partial charge is 0.408 e. The summed E-state index contributed by atoms with van der Waals surface area (Å²) in [6.07, 6.45) is -0.237. The number of halogens is 1. The van der Waals surface area contributed by atoms with Crippen LogP contribution >= 0.6 is 11.6 Å². The van der Waals surface area contributed by atoms with Crippen molar-refractivity contribution in [1.82, 2.24) is 4.98 Å². The van der Waals surface area contributed by atoms with Crippen molar-refractivity contribution < 1.29 is 9.52 Å². The number of nitrogens with one attached hydrogen (secondary N) is 1. The third-order valence-electron chi connectivity index (χ3n) is 3.15. The summed E-state index contributed by atoms with van der Waals surface area (Å²) < 4.78 is 4.98. The Bertz CT molecular complexity index is 806. The van der Waals surface area contributed by atoms with Crippen LogP contribution in [0.4, 0.5) is 0 Å². The second kappa shape index (κ2) is 5.15. The highest BCUT2D eigenvalue weighted by Crippen LogP contribution is 2.23. The van der Waals surface area contributed by atoms with Crippen molar-refractivity contribution in [3.63, 3.8) is 0 Å². The van der Waals surface area contributed by atoms with Crippen molar-refractivity contribution >= 4 is 22.7 Å². The van der Waals surface area contributed by atoms with E-state index in [9.17, 15) is 9.90 Å². The fourth-order valence-corrected chi connectivity index (χ4v) is 2.39. The van der Waals surface area contributed by atoms with Gasteiger partial charge >= 0.3 is 5.76 Å². The Morgan fingerprint density at radius 1 is 1.25 bits per heavy atom. The minimum absolute atomic E-state index is 0.442. The first-order chi connectivity index (χ1) is 9.61. The SMILES string of the molecule is O=c1[nH]c2ccc(C(O)Cc3cccc(Cl)c3)cc2o1. The van der Waals surface area contributed by atoms with E-state index in [-0.39, 0.29) is 0 Å². The molecule has 1 unspecified atom stereocenters. The molecule has 1 aromatic heterocycles. The molecule has 0 aliphatic carbocycles. The number of aliphatic hydroxyl groups is 1. The van der Waals surface area contributed by atoms with Crippen molar-refractivity contribution in [2.75, 3.05) is 0 Å². The lowest BCUT2D eigenvalue weighted by Crippen LogP contribution is -2.01. The normalized spacial score (nSPS) is 12.7. The Kier molecular flexibility index (Phi) is 3.34. The largest absolute Gasteiger partial charge is 0.417 e. The van der Waals surface area contributed by atoms with Crippen LogP contribution in [0.25, 0.3) is 11.1 Å². The fourth-order valence-electron chi connectivity index (χ4n) is 2.17. The lowest BCUT2D eigenvalue weighted by atomic mass is 10.0. The Morgan fingerprint density at radius 2 is 2.10 bits per heavy atom. The van der Waals surface area contributed by atoms with Crippen LogP contribution in [-0.4, -0.2) is 10.1 Å². The van der Waals surface area contributed by atoms with Gasteiger partial charge in [0.25, 0.3) is 0 Å². The van der Waals surface area contributed by atoms with Crippen molar-refractivity contribution in [3.8, 4) is 0 Å². The van der Waals surface area contributed by atoms with Crippen LogP contribution in [0.5, 0.6) is 0 Å². The molecule has 0 aliphatic rings. The summed E-state index contributed by atoms with van der Waals surface area (Å²) in [5.41, 5.74) is 2.70. The zero-order chi connectivity index (χ0) is 14.1. The molecule has 0 bridgehead atoms. The topological polar surface area (TPSA) is 66.2 Å². The summed E-state index contributed by atoms with van der Waals surface area (Å²) in [5.74, 6) is -0.499. The first kappa shape index (κ1) is 13.0. The standard InChI is InChI=1S/C15H12ClNO3/c16-11-3-1-2-9(6-11)7-13(18)10-4-5-12-14(8-10)20-15(19)17-12/h1-6,8,13,18H,7H2,(H,17,19). The quantitative estimate of drug-likeness (QED) is 0.779. The minimum Gasteiger partial charge on any atom is -0.408 e. The van der Waals surface area contributed by atoms with Gasteiger partial charge in [-0.2, -0.15) is 0 Å². The number of fused-ring (bicyclic) bond motifs is 1. The monoisotopic (exact) mass is 289 g/mol. The van der Waals surface area contributed by atoms with Crippen LogP contribution in [0.2, 0.25) is 5.02 Å². The molecule has 20 heavy (non-hydrogen) atoms. The van der Waals surface area contributed by atoms with Gasteiger partial charge in [-0.25, -0.2) is 4.79 Å². The predicted molar refractivity (Wildman–Crippen MR) is 77.0 cm³/mol.